The molecular weight excluding hydrogens is 190 g/mol. The Bertz CT molecular complexity index is 385. The van der Waals surface area contributed by atoms with Gasteiger partial charge in [-0.2, -0.15) is 0 Å². The van der Waals surface area contributed by atoms with Crippen LogP contribution < -0.4 is 15.2 Å². The van der Waals surface area contributed by atoms with E-state index in [9.17, 15) is 0 Å². The van der Waals surface area contributed by atoms with E-state index in [4.69, 9.17) is 15.2 Å². The molecule has 0 bridgehead atoms. The van der Waals surface area contributed by atoms with Gasteiger partial charge >= 0.3 is 0 Å². The largest absolute Gasteiger partial charge is 0.448 e. The van der Waals surface area contributed by atoms with Crippen molar-refractivity contribution < 1.29 is 9.47 Å². The first-order chi connectivity index (χ1) is 7.31. The molecule has 0 aromatic heterocycles. The average Bonchev–Trinajstić information content (AvgIpc) is 2.56. The van der Waals surface area contributed by atoms with Crippen LogP contribution in [0.5, 0.6) is 11.5 Å². The van der Waals surface area contributed by atoms with Gasteiger partial charge in [-0.15, -0.1) is 0 Å². The van der Waals surface area contributed by atoms with Gasteiger partial charge < -0.3 is 15.2 Å². The monoisotopic (exact) mass is 205 g/mol. The van der Waals surface area contributed by atoms with Crippen LogP contribution in [-0.4, -0.2) is 12.3 Å². The van der Waals surface area contributed by atoms with E-state index >= 15 is 0 Å². The molecule has 1 aromatic rings. The summed E-state index contributed by atoms with van der Waals surface area (Å²) in [5.41, 5.74) is 6.74. The Balaban J connectivity index is 1.86. The fraction of sp³-hybridized carbons (Fsp3) is 0.500. The fourth-order valence-electron chi connectivity index (χ4n) is 2.13. The second-order valence-electron chi connectivity index (χ2n) is 4.29. The van der Waals surface area contributed by atoms with Crippen LogP contribution in [0.25, 0.3) is 0 Å². The lowest BCUT2D eigenvalue weighted by Gasteiger charge is -2.35. The number of rotatable bonds is 2. The summed E-state index contributed by atoms with van der Waals surface area (Å²) in [4.78, 5) is 0. The SMILES string of the molecule is NCCc1ccc2c(c1)OC1(CCC1)O2. The molecule has 1 aromatic carbocycles. The summed E-state index contributed by atoms with van der Waals surface area (Å²) in [6.07, 6.45) is 4.11. The number of hydrogen-bond acceptors (Lipinski definition) is 3. The first-order valence-electron chi connectivity index (χ1n) is 5.52. The highest BCUT2D eigenvalue weighted by Gasteiger charge is 2.47. The van der Waals surface area contributed by atoms with Gasteiger partial charge in [0.15, 0.2) is 11.5 Å². The van der Waals surface area contributed by atoms with Crippen molar-refractivity contribution in [1.82, 2.24) is 0 Å². The Morgan fingerprint density at radius 2 is 2.00 bits per heavy atom. The Labute approximate surface area is 89.2 Å². The minimum Gasteiger partial charge on any atom is -0.448 e. The quantitative estimate of drug-likeness (QED) is 0.801. The normalized spacial score (nSPS) is 20.3. The highest BCUT2D eigenvalue weighted by Crippen LogP contribution is 2.48. The van der Waals surface area contributed by atoms with E-state index in [0.717, 1.165) is 30.8 Å². The molecule has 2 N–H and O–H groups in total. The average molecular weight is 205 g/mol. The smallest absolute Gasteiger partial charge is 0.251 e. The maximum absolute atomic E-state index is 5.85. The van der Waals surface area contributed by atoms with Crippen LogP contribution in [0.2, 0.25) is 0 Å². The standard InChI is InChI=1S/C12H15NO2/c13-7-4-9-2-3-10-11(8-9)15-12(14-10)5-1-6-12/h2-3,8H,1,4-7,13H2. The highest BCUT2D eigenvalue weighted by atomic mass is 16.7. The molecule has 0 unspecified atom stereocenters. The van der Waals surface area contributed by atoms with Crippen molar-refractivity contribution in [3.05, 3.63) is 23.8 Å². The molecule has 1 fully saturated rings. The fourth-order valence-corrected chi connectivity index (χ4v) is 2.13. The predicted molar refractivity (Wildman–Crippen MR) is 57.0 cm³/mol. The van der Waals surface area contributed by atoms with Crippen molar-refractivity contribution >= 4 is 0 Å². The summed E-state index contributed by atoms with van der Waals surface area (Å²) >= 11 is 0. The third kappa shape index (κ3) is 1.38. The van der Waals surface area contributed by atoms with E-state index in [-0.39, 0.29) is 5.79 Å². The third-order valence-corrected chi connectivity index (χ3v) is 3.15. The van der Waals surface area contributed by atoms with Crippen molar-refractivity contribution in [1.29, 1.82) is 0 Å². The molecule has 1 spiro atoms. The Morgan fingerprint density at radius 3 is 2.67 bits per heavy atom. The van der Waals surface area contributed by atoms with Crippen LogP contribution in [0.15, 0.2) is 18.2 Å². The van der Waals surface area contributed by atoms with Gasteiger partial charge in [0.2, 0.25) is 0 Å². The van der Waals surface area contributed by atoms with E-state index in [0.29, 0.717) is 6.54 Å². The molecule has 0 radical (unpaired) electrons. The van der Waals surface area contributed by atoms with Gasteiger partial charge in [-0.25, -0.2) is 0 Å². The van der Waals surface area contributed by atoms with Gasteiger partial charge in [0, 0.05) is 12.8 Å². The number of hydrogen-bond donors (Lipinski definition) is 1. The van der Waals surface area contributed by atoms with E-state index in [1.807, 2.05) is 6.07 Å². The molecule has 0 saturated heterocycles. The number of fused-ring (bicyclic) bond motifs is 1. The summed E-state index contributed by atoms with van der Waals surface area (Å²) in [5.74, 6) is 1.46. The molecule has 15 heavy (non-hydrogen) atoms. The molecule has 1 aliphatic carbocycles. The third-order valence-electron chi connectivity index (χ3n) is 3.15. The summed E-state index contributed by atoms with van der Waals surface area (Å²) in [5, 5.41) is 0. The van der Waals surface area contributed by atoms with Crippen LogP contribution in [0.3, 0.4) is 0 Å². The summed E-state index contributed by atoms with van der Waals surface area (Å²) in [6, 6.07) is 6.11. The lowest BCUT2D eigenvalue weighted by atomic mass is 9.91. The lowest BCUT2D eigenvalue weighted by molar-refractivity contribution is -0.138. The maximum atomic E-state index is 5.85. The van der Waals surface area contributed by atoms with Crippen molar-refractivity contribution in [2.75, 3.05) is 6.54 Å². The van der Waals surface area contributed by atoms with Gasteiger partial charge in [-0.05, 0) is 37.1 Å². The predicted octanol–water partition coefficient (Wildman–Crippen LogP) is 1.84. The van der Waals surface area contributed by atoms with E-state index in [1.54, 1.807) is 0 Å². The topological polar surface area (TPSA) is 44.5 Å². The van der Waals surface area contributed by atoms with Crippen molar-refractivity contribution in [2.24, 2.45) is 5.73 Å². The number of nitrogens with two attached hydrogens (primary N) is 1. The molecule has 0 amide bonds. The van der Waals surface area contributed by atoms with Gasteiger partial charge in [-0.3, -0.25) is 0 Å². The molecule has 1 saturated carbocycles. The Morgan fingerprint density at radius 1 is 1.20 bits per heavy atom. The minimum absolute atomic E-state index is 0.316. The molecule has 2 aliphatic rings. The minimum atomic E-state index is -0.316. The van der Waals surface area contributed by atoms with E-state index in [1.165, 1.54) is 12.0 Å². The van der Waals surface area contributed by atoms with Crippen molar-refractivity contribution in [3.8, 4) is 11.5 Å². The first-order valence-corrected chi connectivity index (χ1v) is 5.52. The second kappa shape index (κ2) is 3.14. The second-order valence-corrected chi connectivity index (χ2v) is 4.29. The van der Waals surface area contributed by atoms with Crippen LogP contribution >= 0.6 is 0 Å². The van der Waals surface area contributed by atoms with Crippen LogP contribution in [0, 0.1) is 0 Å². The van der Waals surface area contributed by atoms with Crippen LogP contribution in [0.1, 0.15) is 24.8 Å². The number of benzene rings is 1. The zero-order chi connectivity index (χ0) is 10.3. The zero-order valence-corrected chi connectivity index (χ0v) is 8.66. The lowest BCUT2D eigenvalue weighted by Crippen LogP contribution is -2.45. The first kappa shape index (κ1) is 9.04. The molecule has 1 aliphatic heterocycles. The highest BCUT2D eigenvalue weighted by molar-refractivity contribution is 5.46. The zero-order valence-electron chi connectivity index (χ0n) is 8.66. The Hall–Kier alpha value is -1.22. The summed E-state index contributed by atoms with van der Waals surface area (Å²) < 4.78 is 11.7. The molecule has 80 valence electrons. The molecule has 1 heterocycles. The Kier molecular flexibility index (Phi) is 1.89. The van der Waals surface area contributed by atoms with Crippen LogP contribution in [0.4, 0.5) is 0 Å². The van der Waals surface area contributed by atoms with Crippen molar-refractivity contribution in [2.45, 2.75) is 31.5 Å². The molecular formula is C12H15NO2. The van der Waals surface area contributed by atoms with E-state index in [2.05, 4.69) is 12.1 Å². The molecule has 3 nitrogen and oxygen atoms in total. The molecule has 3 rings (SSSR count). The van der Waals surface area contributed by atoms with Crippen molar-refractivity contribution in [3.63, 3.8) is 0 Å². The van der Waals surface area contributed by atoms with E-state index < -0.39 is 0 Å². The molecule has 3 heteroatoms. The van der Waals surface area contributed by atoms with Gasteiger partial charge in [0.05, 0.1) is 0 Å². The van der Waals surface area contributed by atoms with Crippen LogP contribution in [-0.2, 0) is 6.42 Å². The number of ether oxygens (including phenoxy) is 2. The maximum Gasteiger partial charge on any atom is 0.251 e. The van der Waals surface area contributed by atoms with Gasteiger partial charge in [0.25, 0.3) is 5.79 Å². The van der Waals surface area contributed by atoms with Gasteiger partial charge in [-0.1, -0.05) is 6.07 Å². The summed E-state index contributed by atoms with van der Waals surface area (Å²) in [7, 11) is 0. The summed E-state index contributed by atoms with van der Waals surface area (Å²) in [6.45, 7) is 0.671. The van der Waals surface area contributed by atoms with Gasteiger partial charge in [0.1, 0.15) is 0 Å². The molecule has 0 atom stereocenters.